The first-order chi connectivity index (χ1) is 9.06. The molecule has 0 saturated heterocycles. The van der Waals surface area contributed by atoms with E-state index in [9.17, 15) is 4.79 Å². The highest BCUT2D eigenvalue weighted by molar-refractivity contribution is 5.76. The Hall–Kier alpha value is -1.97. The summed E-state index contributed by atoms with van der Waals surface area (Å²) >= 11 is 0. The van der Waals surface area contributed by atoms with Crippen LogP contribution in [0.15, 0.2) is 36.9 Å². The van der Waals surface area contributed by atoms with E-state index in [1.165, 1.54) is 0 Å². The van der Waals surface area contributed by atoms with Gasteiger partial charge in [-0.2, -0.15) is 0 Å². The van der Waals surface area contributed by atoms with Crippen molar-refractivity contribution in [3.63, 3.8) is 0 Å². The summed E-state index contributed by atoms with van der Waals surface area (Å²) in [6.07, 6.45) is 2.06. The molecule has 1 aromatic carbocycles. The number of rotatable bonds is 7. The van der Waals surface area contributed by atoms with E-state index in [2.05, 4.69) is 6.58 Å². The molecule has 0 bridgehead atoms. The Balaban J connectivity index is 2.46. The minimum absolute atomic E-state index is 0.0596. The summed E-state index contributed by atoms with van der Waals surface area (Å²) in [5.74, 6) is 0.680. The number of benzene rings is 1. The molecule has 1 rings (SSSR count). The largest absolute Gasteiger partial charge is 0.491 e. The predicted octanol–water partition coefficient (Wildman–Crippen LogP) is 2.46. The van der Waals surface area contributed by atoms with Crippen molar-refractivity contribution in [2.24, 2.45) is 0 Å². The van der Waals surface area contributed by atoms with Gasteiger partial charge in [0.05, 0.1) is 18.7 Å². The molecule has 0 aliphatic heterocycles. The zero-order valence-electron chi connectivity index (χ0n) is 11.6. The Labute approximate surface area is 114 Å². The molecule has 0 spiro atoms. The number of amides is 1. The predicted molar refractivity (Wildman–Crippen MR) is 78.0 cm³/mol. The van der Waals surface area contributed by atoms with E-state index in [1.807, 2.05) is 26.0 Å². The second kappa shape index (κ2) is 7.46. The van der Waals surface area contributed by atoms with Crippen molar-refractivity contribution < 1.29 is 9.53 Å². The number of hydrogen-bond acceptors (Lipinski definition) is 3. The molecule has 1 amide bonds. The van der Waals surface area contributed by atoms with Crippen LogP contribution in [0.4, 0.5) is 5.69 Å². The Kier molecular flexibility index (Phi) is 5.93. The van der Waals surface area contributed by atoms with Gasteiger partial charge in [-0.3, -0.25) is 4.79 Å². The summed E-state index contributed by atoms with van der Waals surface area (Å²) in [6.45, 7) is 8.52. The third-order valence-electron chi connectivity index (χ3n) is 2.76. The molecular formula is C15H22N2O2. The maximum absolute atomic E-state index is 12.0. The fourth-order valence-corrected chi connectivity index (χ4v) is 1.74. The standard InChI is InChI=1S/C15H22N2O2/c1-4-10-17(12(2)3)15(18)9-11-19-14-8-6-5-7-13(14)16/h4-8,12H,1,9-11,16H2,2-3H3. The van der Waals surface area contributed by atoms with Crippen molar-refractivity contribution in [1.82, 2.24) is 4.90 Å². The first kappa shape index (κ1) is 15.1. The van der Waals surface area contributed by atoms with Gasteiger partial charge < -0.3 is 15.4 Å². The van der Waals surface area contributed by atoms with Crippen molar-refractivity contribution >= 4 is 11.6 Å². The minimum atomic E-state index is 0.0596. The monoisotopic (exact) mass is 262 g/mol. The number of nitrogen functional groups attached to an aromatic ring is 1. The van der Waals surface area contributed by atoms with Crippen LogP contribution < -0.4 is 10.5 Å². The van der Waals surface area contributed by atoms with Gasteiger partial charge in [0.15, 0.2) is 0 Å². The lowest BCUT2D eigenvalue weighted by Gasteiger charge is -2.25. The van der Waals surface area contributed by atoms with E-state index < -0.39 is 0 Å². The van der Waals surface area contributed by atoms with Gasteiger partial charge in [0, 0.05) is 12.6 Å². The number of carbonyl (C=O) groups is 1. The van der Waals surface area contributed by atoms with Crippen LogP contribution in [0.5, 0.6) is 5.75 Å². The number of hydrogen-bond donors (Lipinski definition) is 1. The maximum atomic E-state index is 12.0. The molecule has 0 heterocycles. The first-order valence-corrected chi connectivity index (χ1v) is 6.44. The maximum Gasteiger partial charge on any atom is 0.226 e. The minimum Gasteiger partial charge on any atom is -0.491 e. The van der Waals surface area contributed by atoms with Crippen molar-refractivity contribution in [2.45, 2.75) is 26.3 Å². The van der Waals surface area contributed by atoms with Gasteiger partial charge in [-0.25, -0.2) is 0 Å². The van der Waals surface area contributed by atoms with Gasteiger partial charge in [0.25, 0.3) is 0 Å². The van der Waals surface area contributed by atoms with Crippen LogP contribution in [0.25, 0.3) is 0 Å². The zero-order chi connectivity index (χ0) is 14.3. The van der Waals surface area contributed by atoms with E-state index in [-0.39, 0.29) is 11.9 Å². The van der Waals surface area contributed by atoms with Crippen molar-refractivity contribution in [3.05, 3.63) is 36.9 Å². The summed E-state index contributed by atoms with van der Waals surface area (Å²) in [6, 6.07) is 7.43. The van der Waals surface area contributed by atoms with Crippen molar-refractivity contribution in [1.29, 1.82) is 0 Å². The molecule has 0 fully saturated rings. The molecule has 0 radical (unpaired) electrons. The van der Waals surface area contributed by atoms with Crippen molar-refractivity contribution in [3.8, 4) is 5.75 Å². The van der Waals surface area contributed by atoms with Gasteiger partial charge in [-0.15, -0.1) is 6.58 Å². The van der Waals surface area contributed by atoms with Crippen LogP contribution in [0, 0.1) is 0 Å². The molecule has 0 atom stereocenters. The van der Waals surface area contributed by atoms with E-state index >= 15 is 0 Å². The Morgan fingerprint density at radius 2 is 2.16 bits per heavy atom. The number of ether oxygens (including phenoxy) is 1. The summed E-state index contributed by atoms with van der Waals surface area (Å²) in [5.41, 5.74) is 6.34. The topological polar surface area (TPSA) is 55.6 Å². The highest BCUT2D eigenvalue weighted by Crippen LogP contribution is 2.19. The molecule has 4 nitrogen and oxygen atoms in total. The molecule has 0 saturated carbocycles. The van der Waals surface area contributed by atoms with Crippen LogP contribution in [-0.2, 0) is 4.79 Å². The highest BCUT2D eigenvalue weighted by atomic mass is 16.5. The van der Waals surface area contributed by atoms with Crippen LogP contribution in [0.1, 0.15) is 20.3 Å². The fourth-order valence-electron chi connectivity index (χ4n) is 1.74. The number of carbonyl (C=O) groups excluding carboxylic acids is 1. The molecule has 0 unspecified atom stereocenters. The average Bonchev–Trinajstić information content (AvgIpc) is 2.37. The third kappa shape index (κ3) is 4.66. The molecule has 2 N–H and O–H groups in total. The SMILES string of the molecule is C=CCN(C(=O)CCOc1ccccc1N)C(C)C. The van der Waals surface area contributed by atoms with Gasteiger partial charge in [-0.05, 0) is 26.0 Å². The molecule has 4 heteroatoms. The first-order valence-electron chi connectivity index (χ1n) is 6.44. The van der Waals surface area contributed by atoms with Gasteiger partial charge in [-0.1, -0.05) is 18.2 Å². The van der Waals surface area contributed by atoms with E-state index in [0.29, 0.717) is 31.0 Å². The molecule has 0 aliphatic carbocycles. The van der Waals surface area contributed by atoms with Gasteiger partial charge >= 0.3 is 0 Å². The average molecular weight is 262 g/mol. The van der Waals surface area contributed by atoms with Crippen LogP contribution in [0.2, 0.25) is 0 Å². The Morgan fingerprint density at radius 3 is 2.74 bits per heavy atom. The van der Waals surface area contributed by atoms with Crippen LogP contribution in [-0.4, -0.2) is 30.0 Å². The summed E-state index contributed by atoms with van der Waals surface area (Å²) in [5, 5.41) is 0. The Bertz CT molecular complexity index is 430. The molecular weight excluding hydrogens is 240 g/mol. The second-order valence-electron chi connectivity index (χ2n) is 4.56. The molecule has 1 aromatic rings. The molecule has 19 heavy (non-hydrogen) atoms. The van der Waals surface area contributed by atoms with E-state index in [0.717, 1.165) is 0 Å². The van der Waals surface area contributed by atoms with E-state index in [1.54, 1.807) is 23.1 Å². The Morgan fingerprint density at radius 1 is 1.47 bits per heavy atom. The van der Waals surface area contributed by atoms with Crippen LogP contribution in [0.3, 0.4) is 0 Å². The number of nitrogens with two attached hydrogens (primary N) is 1. The van der Waals surface area contributed by atoms with Gasteiger partial charge in [0.1, 0.15) is 5.75 Å². The molecule has 104 valence electrons. The molecule has 0 aromatic heterocycles. The lowest BCUT2D eigenvalue weighted by molar-refractivity contribution is -0.132. The number of para-hydroxylation sites is 2. The van der Waals surface area contributed by atoms with E-state index in [4.69, 9.17) is 10.5 Å². The van der Waals surface area contributed by atoms with Gasteiger partial charge in [0.2, 0.25) is 5.91 Å². The summed E-state index contributed by atoms with van der Waals surface area (Å²) in [7, 11) is 0. The zero-order valence-corrected chi connectivity index (χ0v) is 11.6. The lowest BCUT2D eigenvalue weighted by atomic mass is 10.2. The normalized spacial score (nSPS) is 10.3. The fraction of sp³-hybridized carbons (Fsp3) is 0.400. The quantitative estimate of drug-likeness (QED) is 0.606. The lowest BCUT2D eigenvalue weighted by Crippen LogP contribution is -2.37. The third-order valence-corrected chi connectivity index (χ3v) is 2.76. The smallest absolute Gasteiger partial charge is 0.226 e. The second-order valence-corrected chi connectivity index (χ2v) is 4.56. The summed E-state index contributed by atoms with van der Waals surface area (Å²) in [4.78, 5) is 13.8. The van der Waals surface area contributed by atoms with Crippen molar-refractivity contribution in [2.75, 3.05) is 18.9 Å². The molecule has 0 aliphatic rings. The highest BCUT2D eigenvalue weighted by Gasteiger charge is 2.15. The number of nitrogens with zero attached hydrogens (tertiary/aromatic N) is 1. The van der Waals surface area contributed by atoms with Crippen LogP contribution >= 0.6 is 0 Å². The summed E-state index contributed by atoms with van der Waals surface area (Å²) < 4.78 is 5.52. The number of anilines is 1.